The summed E-state index contributed by atoms with van der Waals surface area (Å²) in [6.45, 7) is 0. The van der Waals surface area contributed by atoms with Crippen LogP contribution in [0.1, 0.15) is 0 Å². The first kappa shape index (κ1) is 21.0. The summed E-state index contributed by atoms with van der Waals surface area (Å²) in [5.41, 5.74) is -0.0639. The van der Waals surface area contributed by atoms with Crippen molar-refractivity contribution in [3.63, 3.8) is 0 Å². The first-order valence-corrected chi connectivity index (χ1v) is 11.3. The Balaban J connectivity index is 1.56. The SMILES string of the molecule is O=C(Nc1ccc(-n2cnc3ccccc3c2=O)c(F)c1)NS(=O)(=O)c1ccc(Cl)s1. The molecule has 0 unspecified atom stereocenters. The van der Waals surface area contributed by atoms with Gasteiger partial charge < -0.3 is 5.32 Å². The van der Waals surface area contributed by atoms with E-state index in [0.29, 0.717) is 10.9 Å². The van der Waals surface area contributed by atoms with Crippen molar-refractivity contribution in [2.45, 2.75) is 4.21 Å². The third kappa shape index (κ3) is 4.29. The lowest BCUT2D eigenvalue weighted by Crippen LogP contribution is -2.34. The third-order valence-electron chi connectivity index (χ3n) is 4.17. The van der Waals surface area contributed by atoms with Gasteiger partial charge in [0.2, 0.25) is 0 Å². The van der Waals surface area contributed by atoms with Crippen LogP contribution < -0.4 is 15.6 Å². The van der Waals surface area contributed by atoms with Gasteiger partial charge in [0.25, 0.3) is 15.6 Å². The molecule has 0 aliphatic carbocycles. The minimum absolute atomic E-state index is 0.0139. The Morgan fingerprint density at radius 3 is 2.61 bits per heavy atom. The predicted octanol–water partition coefficient (Wildman–Crippen LogP) is 3.75. The Morgan fingerprint density at radius 2 is 1.90 bits per heavy atom. The molecule has 0 saturated carbocycles. The molecule has 2 aromatic heterocycles. The molecule has 31 heavy (non-hydrogen) atoms. The number of anilines is 1. The van der Waals surface area contributed by atoms with Gasteiger partial charge in [-0.25, -0.2) is 27.3 Å². The maximum Gasteiger partial charge on any atom is 0.333 e. The van der Waals surface area contributed by atoms with Crippen molar-refractivity contribution in [2.24, 2.45) is 0 Å². The molecule has 0 spiro atoms. The first-order chi connectivity index (χ1) is 14.7. The molecular formula is C19H12ClFN4O4S2. The molecular weight excluding hydrogens is 467 g/mol. The largest absolute Gasteiger partial charge is 0.333 e. The van der Waals surface area contributed by atoms with Crippen LogP contribution in [0.5, 0.6) is 0 Å². The second kappa shape index (κ2) is 8.10. The zero-order chi connectivity index (χ0) is 22.2. The van der Waals surface area contributed by atoms with Crippen molar-refractivity contribution < 1.29 is 17.6 Å². The van der Waals surface area contributed by atoms with Crippen molar-refractivity contribution in [1.29, 1.82) is 0 Å². The van der Waals surface area contributed by atoms with E-state index in [1.807, 2.05) is 4.72 Å². The highest BCUT2D eigenvalue weighted by Gasteiger charge is 2.20. The minimum Gasteiger partial charge on any atom is -0.307 e. The smallest absolute Gasteiger partial charge is 0.307 e. The van der Waals surface area contributed by atoms with Gasteiger partial charge in [-0.05, 0) is 42.5 Å². The Labute approximate surface area is 184 Å². The van der Waals surface area contributed by atoms with Gasteiger partial charge in [0.15, 0.2) is 0 Å². The summed E-state index contributed by atoms with van der Waals surface area (Å²) in [5, 5.41) is 2.56. The van der Waals surface area contributed by atoms with Crippen molar-refractivity contribution in [2.75, 3.05) is 5.32 Å². The molecule has 0 radical (unpaired) electrons. The molecule has 2 amide bonds. The number of halogens is 2. The fraction of sp³-hybridized carbons (Fsp3) is 0. The Morgan fingerprint density at radius 1 is 1.13 bits per heavy atom. The van der Waals surface area contributed by atoms with Crippen molar-refractivity contribution in [3.05, 3.63) is 81.4 Å². The summed E-state index contributed by atoms with van der Waals surface area (Å²) >= 11 is 6.50. The second-order valence-corrected chi connectivity index (χ2v) is 9.85. The monoisotopic (exact) mass is 478 g/mol. The molecule has 2 N–H and O–H groups in total. The zero-order valence-corrected chi connectivity index (χ0v) is 17.8. The van der Waals surface area contributed by atoms with E-state index in [1.165, 1.54) is 30.6 Å². The molecule has 4 rings (SSSR count). The zero-order valence-electron chi connectivity index (χ0n) is 15.4. The van der Waals surface area contributed by atoms with E-state index in [2.05, 4.69) is 10.3 Å². The number of carbonyl (C=O) groups is 1. The topological polar surface area (TPSA) is 110 Å². The summed E-state index contributed by atoms with van der Waals surface area (Å²) in [6.07, 6.45) is 1.21. The molecule has 0 aliphatic rings. The van der Waals surface area contributed by atoms with Crippen molar-refractivity contribution in [1.82, 2.24) is 14.3 Å². The highest BCUT2D eigenvalue weighted by molar-refractivity contribution is 7.92. The minimum atomic E-state index is -4.12. The lowest BCUT2D eigenvalue weighted by atomic mass is 10.2. The van der Waals surface area contributed by atoms with Crippen LogP contribution in [0.3, 0.4) is 0 Å². The summed E-state index contributed by atoms with van der Waals surface area (Å²) < 4.78 is 42.0. The van der Waals surface area contributed by atoms with Gasteiger partial charge in [0, 0.05) is 5.69 Å². The molecule has 12 heteroatoms. The number of rotatable bonds is 4. The summed E-state index contributed by atoms with van der Waals surface area (Å²) in [4.78, 5) is 28.8. The number of hydrogen-bond donors (Lipinski definition) is 2. The van der Waals surface area contributed by atoms with E-state index >= 15 is 0 Å². The van der Waals surface area contributed by atoms with Crippen LogP contribution in [0.25, 0.3) is 16.6 Å². The molecule has 2 heterocycles. The first-order valence-electron chi connectivity index (χ1n) is 8.60. The Bertz CT molecular complexity index is 1480. The van der Waals surface area contributed by atoms with E-state index < -0.39 is 27.4 Å². The molecule has 0 atom stereocenters. The number of nitrogens with zero attached hydrogens (tertiary/aromatic N) is 2. The predicted molar refractivity (Wildman–Crippen MR) is 116 cm³/mol. The number of amides is 2. The highest BCUT2D eigenvalue weighted by Crippen LogP contribution is 2.25. The summed E-state index contributed by atoms with van der Waals surface area (Å²) in [7, 11) is -4.12. The van der Waals surface area contributed by atoms with Crippen LogP contribution in [-0.4, -0.2) is 24.0 Å². The Hall–Kier alpha value is -3.28. The van der Waals surface area contributed by atoms with Gasteiger partial charge in [-0.15, -0.1) is 11.3 Å². The molecule has 0 saturated heterocycles. The number of hydrogen-bond acceptors (Lipinski definition) is 6. The van der Waals surface area contributed by atoms with Gasteiger partial charge >= 0.3 is 6.03 Å². The van der Waals surface area contributed by atoms with E-state index in [-0.39, 0.29) is 19.9 Å². The quantitative estimate of drug-likeness (QED) is 0.464. The van der Waals surface area contributed by atoms with E-state index in [1.54, 1.807) is 24.3 Å². The van der Waals surface area contributed by atoms with Gasteiger partial charge in [-0.3, -0.25) is 9.36 Å². The number of sulfonamides is 1. The van der Waals surface area contributed by atoms with E-state index in [4.69, 9.17) is 11.6 Å². The molecule has 0 fully saturated rings. The average molecular weight is 479 g/mol. The van der Waals surface area contributed by atoms with Crippen molar-refractivity contribution >= 4 is 55.6 Å². The maximum absolute atomic E-state index is 14.7. The van der Waals surface area contributed by atoms with E-state index in [9.17, 15) is 22.4 Å². The molecule has 4 aromatic rings. The third-order valence-corrected chi connectivity index (χ3v) is 7.23. The fourth-order valence-corrected chi connectivity index (χ4v) is 5.18. The second-order valence-electron chi connectivity index (χ2n) is 6.22. The average Bonchev–Trinajstić information content (AvgIpc) is 3.16. The standard InChI is InChI=1S/C19H12ClFN4O4S2/c20-16-7-8-17(30-16)31(28,29)24-19(27)23-11-5-6-15(13(21)9-11)25-10-22-14-4-2-1-3-12(14)18(25)26/h1-10H,(H2,23,24,27). The van der Waals surface area contributed by atoms with Crippen LogP contribution in [-0.2, 0) is 10.0 Å². The number of fused-ring (bicyclic) bond motifs is 1. The van der Waals surface area contributed by atoms with Crippen LogP contribution in [0.4, 0.5) is 14.9 Å². The number of carbonyl (C=O) groups excluding carboxylic acids is 1. The molecule has 0 aliphatic heterocycles. The van der Waals surface area contributed by atoms with Crippen LogP contribution in [0.15, 0.2) is 69.9 Å². The van der Waals surface area contributed by atoms with Crippen LogP contribution in [0.2, 0.25) is 4.34 Å². The summed E-state index contributed by atoms with van der Waals surface area (Å²) in [6, 6.07) is 11.8. The Kier molecular flexibility index (Phi) is 5.48. The lowest BCUT2D eigenvalue weighted by molar-refractivity contribution is 0.256. The highest BCUT2D eigenvalue weighted by atomic mass is 35.5. The normalized spacial score (nSPS) is 11.4. The maximum atomic E-state index is 14.7. The van der Waals surface area contributed by atoms with Crippen LogP contribution >= 0.6 is 22.9 Å². The van der Waals surface area contributed by atoms with Gasteiger partial charge in [0.1, 0.15) is 16.4 Å². The van der Waals surface area contributed by atoms with Crippen molar-refractivity contribution in [3.8, 4) is 5.69 Å². The molecule has 158 valence electrons. The number of thiophene rings is 1. The van der Waals surface area contributed by atoms with Gasteiger partial charge in [0.05, 0.1) is 20.9 Å². The van der Waals surface area contributed by atoms with Gasteiger partial charge in [-0.2, -0.15) is 0 Å². The van der Waals surface area contributed by atoms with Crippen LogP contribution in [0, 0.1) is 5.82 Å². The molecule has 0 bridgehead atoms. The number of nitrogens with one attached hydrogen (secondary N) is 2. The fourth-order valence-electron chi connectivity index (χ4n) is 2.79. The number of para-hydroxylation sites is 1. The van der Waals surface area contributed by atoms with E-state index in [0.717, 1.165) is 22.0 Å². The van der Waals surface area contributed by atoms with Gasteiger partial charge in [-0.1, -0.05) is 23.7 Å². The number of urea groups is 1. The lowest BCUT2D eigenvalue weighted by Gasteiger charge is -2.11. The molecule has 8 nitrogen and oxygen atoms in total. The summed E-state index contributed by atoms with van der Waals surface area (Å²) in [5.74, 6) is -0.815. The molecule has 2 aromatic carbocycles. The number of benzene rings is 2. The number of aromatic nitrogens is 2.